The summed E-state index contributed by atoms with van der Waals surface area (Å²) in [6.07, 6.45) is 2.17. The van der Waals surface area contributed by atoms with Gasteiger partial charge in [-0.3, -0.25) is 13.9 Å². The molecular formula is C32H41N3O4S. The van der Waals surface area contributed by atoms with Crippen molar-refractivity contribution in [1.29, 1.82) is 0 Å². The topological polar surface area (TPSA) is 86.8 Å². The lowest BCUT2D eigenvalue weighted by molar-refractivity contribution is -0.140. The van der Waals surface area contributed by atoms with Gasteiger partial charge < -0.3 is 10.2 Å². The van der Waals surface area contributed by atoms with E-state index in [1.54, 1.807) is 36.4 Å². The van der Waals surface area contributed by atoms with Crippen LogP contribution < -0.4 is 9.62 Å². The van der Waals surface area contributed by atoms with Crippen LogP contribution >= 0.6 is 0 Å². The number of sulfonamides is 1. The molecule has 40 heavy (non-hydrogen) atoms. The maximum absolute atomic E-state index is 14.1. The molecule has 0 unspecified atom stereocenters. The predicted octanol–water partition coefficient (Wildman–Crippen LogP) is 5.53. The third kappa shape index (κ3) is 7.72. The minimum absolute atomic E-state index is 0.101. The molecule has 0 aliphatic carbocycles. The molecule has 0 heterocycles. The van der Waals surface area contributed by atoms with Crippen LogP contribution in [0.1, 0.15) is 55.4 Å². The fourth-order valence-corrected chi connectivity index (χ4v) is 6.11. The smallest absolute Gasteiger partial charge is 0.264 e. The molecule has 1 atom stereocenters. The SMILES string of the molecule is CCCCNC(=O)[C@@H](CC)N(Cc1cccc(C)c1)C(=O)CN(c1ccccc1C)S(=O)(=O)c1ccc(C)cc1. The van der Waals surface area contributed by atoms with Crippen molar-refractivity contribution in [2.75, 3.05) is 17.4 Å². The third-order valence-corrected chi connectivity index (χ3v) is 8.70. The Balaban J connectivity index is 2.05. The average Bonchev–Trinajstić information content (AvgIpc) is 2.92. The van der Waals surface area contributed by atoms with Crippen LogP contribution in [0.3, 0.4) is 0 Å². The summed E-state index contributed by atoms with van der Waals surface area (Å²) < 4.78 is 29.1. The van der Waals surface area contributed by atoms with Crippen molar-refractivity contribution < 1.29 is 18.0 Å². The number of nitrogens with zero attached hydrogens (tertiary/aromatic N) is 2. The molecule has 0 aromatic heterocycles. The zero-order chi connectivity index (χ0) is 29.3. The molecule has 0 aliphatic heterocycles. The van der Waals surface area contributed by atoms with Crippen molar-refractivity contribution in [3.05, 3.63) is 95.1 Å². The first-order valence-corrected chi connectivity index (χ1v) is 15.3. The second-order valence-electron chi connectivity index (χ2n) is 10.2. The number of hydrogen-bond donors (Lipinski definition) is 1. The van der Waals surface area contributed by atoms with Gasteiger partial charge in [0.1, 0.15) is 12.6 Å². The fraction of sp³-hybridized carbons (Fsp3) is 0.375. The molecule has 0 aliphatic rings. The van der Waals surface area contributed by atoms with Crippen LogP contribution in [0.4, 0.5) is 5.69 Å². The molecule has 3 rings (SSSR count). The second-order valence-corrected chi connectivity index (χ2v) is 12.1. The number of carbonyl (C=O) groups is 2. The van der Waals surface area contributed by atoms with Gasteiger partial charge in [-0.25, -0.2) is 8.42 Å². The van der Waals surface area contributed by atoms with Gasteiger partial charge in [0, 0.05) is 13.1 Å². The minimum Gasteiger partial charge on any atom is -0.354 e. The molecule has 0 bridgehead atoms. The molecule has 0 saturated carbocycles. The molecular weight excluding hydrogens is 522 g/mol. The predicted molar refractivity (Wildman–Crippen MR) is 161 cm³/mol. The van der Waals surface area contributed by atoms with Crippen LogP contribution in [0.5, 0.6) is 0 Å². The Labute approximate surface area is 239 Å². The second kappa shape index (κ2) is 14.1. The van der Waals surface area contributed by atoms with Crippen LogP contribution in [0.2, 0.25) is 0 Å². The third-order valence-electron chi connectivity index (χ3n) is 6.92. The molecule has 3 aromatic carbocycles. The summed E-state index contributed by atoms with van der Waals surface area (Å²) in [6.45, 7) is 9.86. The van der Waals surface area contributed by atoms with Crippen LogP contribution in [0.15, 0.2) is 77.7 Å². The lowest BCUT2D eigenvalue weighted by atomic mass is 10.1. The van der Waals surface area contributed by atoms with Crippen molar-refractivity contribution in [2.45, 2.75) is 71.4 Å². The molecule has 7 nitrogen and oxygen atoms in total. The Bertz CT molecular complexity index is 1400. The number of rotatable bonds is 13. The summed E-state index contributed by atoms with van der Waals surface area (Å²) in [4.78, 5) is 29.0. The van der Waals surface area contributed by atoms with Gasteiger partial charge in [-0.1, -0.05) is 86.0 Å². The molecule has 8 heteroatoms. The number of hydrogen-bond acceptors (Lipinski definition) is 4. The van der Waals surface area contributed by atoms with Gasteiger partial charge in [0.2, 0.25) is 11.8 Å². The first kappa shape index (κ1) is 30.9. The van der Waals surface area contributed by atoms with E-state index in [0.29, 0.717) is 18.7 Å². The molecule has 214 valence electrons. The van der Waals surface area contributed by atoms with Crippen molar-refractivity contribution in [3.63, 3.8) is 0 Å². The summed E-state index contributed by atoms with van der Waals surface area (Å²) in [5.41, 5.74) is 3.99. The zero-order valence-corrected chi connectivity index (χ0v) is 25.0. The maximum Gasteiger partial charge on any atom is 0.264 e. The van der Waals surface area contributed by atoms with Crippen LogP contribution in [-0.2, 0) is 26.2 Å². The highest BCUT2D eigenvalue weighted by Gasteiger charge is 2.34. The molecule has 0 radical (unpaired) electrons. The van der Waals surface area contributed by atoms with Gasteiger partial charge in [-0.05, 0) is 62.9 Å². The van der Waals surface area contributed by atoms with E-state index in [2.05, 4.69) is 5.32 Å². The van der Waals surface area contributed by atoms with E-state index >= 15 is 0 Å². The standard InChI is InChI=1S/C32H41N3O4S/c1-6-8-20-33-32(37)29(7-2)34(22-27-14-11-12-25(4)21-27)31(36)23-35(30-15-10-9-13-26(30)5)40(38,39)28-18-16-24(3)17-19-28/h9-19,21,29H,6-8,20,22-23H2,1-5H3,(H,33,37)/t29-/m1/s1. The lowest BCUT2D eigenvalue weighted by Crippen LogP contribution is -2.52. The summed E-state index contributed by atoms with van der Waals surface area (Å²) in [7, 11) is -4.09. The molecule has 1 N–H and O–H groups in total. The summed E-state index contributed by atoms with van der Waals surface area (Å²) in [5.74, 6) is -0.682. The Morgan fingerprint density at radius 3 is 2.20 bits per heavy atom. The van der Waals surface area contributed by atoms with E-state index in [1.165, 1.54) is 9.21 Å². The molecule has 0 saturated heterocycles. The highest BCUT2D eigenvalue weighted by atomic mass is 32.2. The van der Waals surface area contributed by atoms with Gasteiger partial charge in [0.15, 0.2) is 0 Å². The number of nitrogens with one attached hydrogen (secondary N) is 1. The first-order chi connectivity index (χ1) is 19.1. The van der Waals surface area contributed by atoms with Crippen LogP contribution in [-0.4, -0.2) is 44.3 Å². The van der Waals surface area contributed by atoms with Crippen molar-refractivity contribution in [1.82, 2.24) is 10.2 Å². The van der Waals surface area contributed by atoms with Gasteiger partial charge in [-0.15, -0.1) is 0 Å². The lowest BCUT2D eigenvalue weighted by Gasteiger charge is -2.33. The van der Waals surface area contributed by atoms with Crippen molar-refractivity contribution >= 4 is 27.5 Å². The fourth-order valence-electron chi connectivity index (χ4n) is 4.63. The van der Waals surface area contributed by atoms with Gasteiger partial charge in [0.25, 0.3) is 10.0 Å². The summed E-state index contributed by atoms with van der Waals surface area (Å²) in [6, 6.07) is 20.7. The van der Waals surface area contributed by atoms with Crippen molar-refractivity contribution in [2.24, 2.45) is 0 Å². The Hall–Kier alpha value is -3.65. The largest absolute Gasteiger partial charge is 0.354 e. The number of amides is 2. The summed E-state index contributed by atoms with van der Waals surface area (Å²) >= 11 is 0. The Morgan fingerprint density at radius 2 is 1.57 bits per heavy atom. The van der Waals surface area contributed by atoms with E-state index in [0.717, 1.165) is 35.1 Å². The maximum atomic E-state index is 14.1. The minimum atomic E-state index is -4.09. The molecule has 3 aromatic rings. The first-order valence-electron chi connectivity index (χ1n) is 13.9. The molecule has 0 fully saturated rings. The van der Waals surface area contributed by atoms with Gasteiger partial charge in [0.05, 0.1) is 10.6 Å². The highest BCUT2D eigenvalue weighted by molar-refractivity contribution is 7.92. The Kier molecular flexibility index (Phi) is 10.9. The highest BCUT2D eigenvalue weighted by Crippen LogP contribution is 2.27. The van der Waals surface area contributed by atoms with Crippen LogP contribution in [0.25, 0.3) is 0 Å². The van der Waals surface area contributed by atoms with Gasteiger partial charge >= 0.3 is 0 Å². The summed E-state index contributed by atoms with van der Waals surface area (Å²) in [5, 5.41) is 2.96. The molecule has 2 amide bonds. The quantitative estimate of drug-likeness (QED) is 0.277. The van der Waals surface area contributed by atoms with E-state index in [1.807, 2.05) is 71.0 Å². The van der Waals surface area contributed by atoms with E-state index in [9.17, 15) is 18.0 Å². The number of anilines is 1. The average molecular weight is 564 g/mol. The number of para-hydroxylation sites is 1. The van der Waals surface area contributed by atoms with E-state index in [-0.39, 0.29) is 17.3 Å². The monoisotopic (exact) mass is 563 g/mol. The Morgan fingerprint density at radius 1 is 0.875 bits per heavy atom. The van der Waals surface area contributed by atoms with Crippen LogP contribution in [0, 0.1) is 20.8 Å². The van der Waals surface area contributed by atoms with Gasteiger partial charge in [-0.2, -0.15) is 0 Å². The number of unbranched alkanes of at least 4 members (excludes halogenated alkanes) is 1. The van der Waals surface area contributed by atoms with E-state index in [4.69, 9.17) is 0 Å². The van der Waals surface area contributed by atoms with E-state index < -0.39 is 28.5 Å². The number of aryl methyl sites for hydroxylation is 3. The number of benzene rings is 3. The molecule has 0 spiro atoms. The van der Waals surface area contributed by atoms with Crippen molar-refractivity contribution in [3.8, 4) is 0 Å². The number of carbonyl (C=O) groups excluding carboxylic acids is 2. The zero-order valence-electron chi connectivity index (χ0n) is 24.2. The normalized spacial score (nSPS) is 12.0.